The topological polar surface area (TPSA) is 43.4 Å². The van der Waals surface area contributed by atoms with Crippen LogP contribution in [0.3, 0.4) is 0 Å². The van der Waals surface area contributed by atoms with Crippen LogP contribution >= 0.6 is 0 Å². The lowest BCUT2D eigenvalue weighted by molar-refractivity contribution is 0.309. The van der Waals surface area contributed by atoms with E-state index in [2.05, 4.69) is 4.18 Å². The van der Waals surface area contributed by atoms with Crippen molar-refractivity contribution in [3.63, 3.8) is 0 Å². The first-order chi connectivity index (χ1) is 7.33. The van der Waals surface area contributed by atoms with E-state index < -0.39 is 16.2 Å². The highest BCUT2D eigenvalue weighted by atomic mass is 32.2. The van der Waals surface area contributed by atoms with Crippen LogP contribution in [0.1, 0.15) is 39.0 Å². The Kier molecular flexibility index (Phi) is 7.49. The molecule has 0 saturated carbocycles. The van der Waals surface area contributed by atoms with Gasteiger partial charge in [-0.05, 0) is 31.8 Å². The first-order valence-corrected chi connectivity index (χ1v) is 6.99. The van der Waals surface area contributed by atoms with Gasteiger partial charge in [0.2, 0.25) is 0 Å². The van der Waals surface area contributed by atoms with Crippen molar-refractivity contribution in [2.75, 3.05) is 12.9 Å². The molecule has 0 amide bonds. The summed E-state index contributed by atoms with van der Waals surface area (Å²) in [6.07, 6.45) is 2.73. The highest BCUT2D eigenvalue weighted by Gasteiger charge is 2.01. The number of allylic oxidation sites excluding steroid dienone is 1. The Morgan fingerprint density at radius 1 is 1.12 bits per heavy atom. The normalized spacial score (nSPS) is 11.5. The maximum absolute atomic E-state index is 12.0. The predicted octanol–water partition coefficient (Wildman–Crippen LogP) is 3.08. The summed E-state index contributed by atoms with van der Waals surface area (Å²) in [4.78, 5) is 0. The maximum atomic E-state index is 12.0. The molecule has 0 heterocycles. The van der Waals surface area contributed by atoms with Crippen molar-refractivity contribution >= 4 is 10.1 Å². The van der Waals surface area contributed by atoms with E-state index in [-0.39, 0.29) is 12.2 Å². The molecule has 6 heteroatoms. The monoisotopic (exact) mass is 256 g/mol. The van der Waals surface area contributed by atoms with Gasteiger partial charge in [-0.15, -0.1) is 0 Å². The van der Waals surface area contributed by atoms with E-state index in [9.17, 15) is 17.2 Å². The van der Waals surface area contributed by atoms with E-state index in [1.807, 2.05) is 0 Å². The number of rotatable bonds is 8. The van der Waals surface area contributed by atoms with Crippen molar-refractivity contribution < 1.29 is 21.4 Å². The minimum absolute atomic E-state index is 0.132. The largest absolute Gasteiger partial charge is 0.270 e. The standard InChI is InChI=1S/C10H18F2O3S/c1-9(10(11)12)7-5-3-4-6-8-15-16(2,13)14/h3-8H2,1-2H3. The maximum Gasteiger partial charge on any atom is 0.269 e. The molecule has 0 radical (unpaired) electrons. The molecule has 0 spiro atoms. The molecule has 0 atom stereocenters. The third-order valence-electron chi connectivity index (χ3n) is 2.07. The lowest BCUT2D eigenvalue weighted by atomic mass is 10.1. The van der Waals surface area contributed by atoms with Gasteiger partial charge in [0, 0.05) is 0 Å². The van der Waals surface area contributed by atoms with Crippen molar-refractivity contribution in [2.45, 2.75) is 39.0 Å². The second-order valence-corrected chi connectivity index (χ2v) is 5.38. The Labute approximate surface area is 95.6 Å². The molecule has 0 aromatic rings. The van der Waals surface area contributed by atoms with Crippen LogP contribution in [-0.2, 0) is 14.3 Å². The van der Waals surface area contributed by atoms with Gasteiger partial charge in [0.05, 0.1) is 12.9 Å². The molecular weight excluding hydrogens is 238 g/mol. The molecule has 0 aliphatic heterocycles. The van der Waals surface area contributed by atoms with Gasteiger partial charge in [-0.2, -0.15) is 17.2 Å². The lowest BCUT2D eigenvalue weighted by Crippen LogP contribution is -2.03. The molecule has 0 aromatic carbocycles. The Balaban J connectivity index is 3.39. The molecule has 0 aliphatic rings. The summed E-state index contributed by atoms with van der Waals surface area (Å²) in [5.41, 5.74) is 0.132. The first kappa shape index (κ1) is 15.5. The molecule has 0 aromatic heterocycles. The van der Waals surface area contributed by atoms with Crippen LogP contribution in [0.4, 0.5) is 8.78 Å². The second-order valence-electron chi connectivity index (χ2n) is 3.73. The number of unbranched alkanes of at least 4 members (excludes halogenated alkanes) is 3. The third-order valence-corrected chi connectivity index (χ3v) is 2.66. The summed E-state index contributed by atoms with van der Waals surface area (Å²) in [7, 11) is -3.35. The Hall–Kier alpha value is -0.490. The average Bonchev–Trinajstić information content (AvgIpc) is 2.14. The van der Waals surface area contributed by atoms with E-state index in [0.29, 0.717) is 19.3 Å². The average molecular weight is 256 g/mol. The van der Waals surface area contributed by atoms with E-state index in [1.165, 1.54) is 6.92 Å². The Morgan fingerprint density at radius 3 is 2.19 bits per heavy atom. The van der Waals surface area contributed by atoms with Crippen LogP contribution in [0.5, 0.6) is 0 Å². The highest BCUT2D eigenvalue weighted by Crippen LogP contribution is 2.15. The van der Waals surface area contributed by atoms with Gasteiger partial charge in [-0.25, -0.2) is 0 Å². The Bertz CT molecular complexity index is 319. The quantitative estimate of drug-likeness (QED) is 0.495. The zero-order valence-corrected chi connectivity index (χ0v) is 10.4. The van der Waals surface area contributed by atoms with Crippen LogP contribution in [0, 0.1) is 0 Å². The fourth-order valence-corrected chi connectivity index (χ4v) is 1.57. The molecule has 0 rings (SSSR count). The summed E-state index contributed by atoms with van der Waals surface area (Å²) in [5, 5.41) is 0. The van der Waals surface area contributed by atoms with Crippen LogP contribution < -0.4 is 0 Å². The molecule has 0 saturated heterocycles. The zero-order valence-electron chi connectivity index (χ0n) is 9.63. The van der Waals surface area contributed by atoms with Crippen molar-refractivity contribution in [1.82, 2.24) is 0 Å². The summed E-state index contributed by atoms with van der Waals surface area (Å²) in [5.74, 6) is 0. The smallest absolute Gasteiger partial charge is 0.269 e. The lowest BCUT2D eigenvalue weighted by Gasteiger charge is -2.02. The van der Waals surface area contributed by atoms with E-state index >= 15 is 0 Å². The van der Waals surface area contributed by atoms with Gasteiger partial charge in [-0.3, -0.25) is 4.18 Å². The van der Waals surface area contributed by atoms with Crippen LogP contribution in [-0.4, -0.2) is 21.3 Å². The summed E-state index contributed by atoms with van der Waals surface area (Å²) < 4.78 is 49.6. The first-order valence-electron chi connectivity index (χ1n) is 5.18. The van der Waals surface area contributed by atoms with E-state index in [1.54, 1.807) is 0 Å². The molecule has 3 nitrogen and oxygen atoms in total. The van der Waals surface area contributed by atoms with Crippen molar-refractivity contribution in [1.29, 1.82) is 0 Å². The van der Waals surface area contributed by atoms with Gasteiger partial charge in [0.25, 0.3) is 16.2 Å². The molecular formula is C10H18F2O3S. The second kappa shape index (κ2) is 7.73. The summed E-state index contributed by atoms with van der Waals surface area (Å²) >= 11 is 0. The SMILES string of the molecule is CC(CCCCCCOS(C)(=O)=O)=C(F)F. The van der Waals surface area contributed by atoms with Gasteiger partial charge in [-0.1, -0.05) is 12.8 Å². The number of hydrogen-bond donors (Lipinski definition) is 0. The zero-order chi connectivity index (χ0) is 12.6. The van der Waals surface area contributed by atoms with E-state index in [0.717, 1.165) is 19.1 Å². The van der Waals surface area contributed by atoms with Crippen molar-refractivity contribution in [3.05, 3.63) is 11.7 Å². The van der Waals surface area contributed by atoms with Crippen LogP contribution in [0.25, 0.3) is 0 Å². The van der Waals surface area contributed by atoms with Gasteiger partial charge in [0.1, 0.15) is 0 Å². The van der Waals surface area contributed by atoms with Crippen LogP contribution in [0.2, 0.25) is 0 Å². The summed E-state index contributed by atoms with van der Waals surface area (Å²) in [6.45, 7) is 1.59. The van der Waals surface area contributed by atoms with Crippen molar-refractivity contribution in [3.8, 4) is 0 Å². The molecule has 0 bridgehead atoms. The Morgan fingerprint density at radius 2 is 1.69 bits per heavy atom. The number of hydrogen-bond acceptors (Lipinski definition) is 3. The molecule has 0 N–H and O–H groups in total. The third kappa shape index (κ3) is 10.0. The predicted molar refractivity (Wildman–Crippen MR) is 58.8 cm³/mol. The molecule has 96 valence electrons. The van der Waals surface area contributed by atoms with Gasteiger partial charge >= 0.3 is 0 Å². The van der Waals surface area contributed by atoms with Crippen LogP contribution in [0.15, 0.2) is 11.7 Å². The van der Waals surface area contributed by atoms with Gasteiger partial charge < -0.3 is 0 Å². The fourth-order valence-electron chi connectivity index (χ4n) is 1.15. The van der Waals surface area contributed by atoms with Crippen molar-refractivity contribution in [2.24, 2.45) is 0 Å². The minimum Gasteiger partial charge on any atom is -0.270 e. The minimum atomic E-state index is -3.35. The highest BCUT2D eigenvalue weighted by molar-refractivity contribution is 7.85. The molecule has 0 aliphatic carbocycles. The number of halogens is 2. The fraction of sp³-hybridized carbons (Fsp3) is 0.800. The molecule has 0 unspecified atom stereocenters. The molecule has 0 fully saturated rings. The summed E-state index contributed by atoms with van der Waals surface area (Å²) in [6, 6.07) is 0. The van der Waals surface area contributed by atoms with E-state index in [4.69, 9.17) is 0 Å². The molecule has 16 heavy (non-hydrogen) atoms. The van der Waals surface area contributed by atoms with Gasteiger partial charge in [0.15, 0.2) is 0 Å².